The molecule has 2 heteroatoms. The van der Waals surface area contributed by atoms with E-state index in [0.717, 1.165) is 32.0 Å². The van der Waals surface area contributed by atoms with Crippen molar-refractivity contribution in [1.29, 1.82) is 0 Å². The van der Waals surface area contributed by atoms with Crippen LogP contribution in [0.1, 0.15) is 47.0 Å². The van der Waals surface area contributed by atoms with Gasteiger partial charge in [-0.05, 0) is 59.0 Å². The van der Waals surface area contributed by atoms with Gasteiger partial charge in [0.1, 0.15) is 0 Å². The molecule has 1 atom stereocenters. The Bertz CT molecular complexity index is 182. The van der Waals surface area contributed by atoms with Gasteiger partial charge in [-0.1, -0.05) is 13.0 Å². The molecule has 96 valence electrons. The summed E-state index contributed by atoms with van der Waals surface area (Å²) in [4.78, 5) is 2.48. The normalized spacial score (nSPS) is 14.1. The summed E-state index contributed by atoms with van der Waals surface area (Å²) in [5.74, 6) is 0.760. The molecule has 0 amide bonds. The van der Waals surface area contributed by atoms with Crippen LogP contribution in [0, 0.1) is 5.92 Å². The Balaban J connectivity index is 3.89. The number of nitrogens with two attached hydrogens (primary N) is 1. The molecule has 0 aliphatic rings. The molecule has 0 heterocycles. The fraction of sp³-hybridized carbons (Fsp3) is 0.857. The Morgan fingerprint density at radius 2 is 1.94 bits per heavy atom. The minimum absolute atomic E-state index is 0.241. The van der Waals surface area contributed by atoms with Crippen molar-refractivity contribution in [1.82, 2.24) is 4.90 Å². The molecule has 0 spiro atoms. The van der Waals surface area contributed by atoms with Crippen molar-refractivity contribution >= 4 is 0 Å². The summed E-state index contributed by atoms with van der Waals surface area (Å²) in [6, 6.07) is 0. The molecule has 0 rings (SSSR count). The molecule has 0 saturated carbocycles. The molecule has 0 fully saturated rings. The van der Waals surface area contributed by atoms with Crippen molar-refractivity contribution in [2.75, 3.05) is 19.6 Å². The van der Waals surface area contributed by atoms with E-state index in [-0.39, 0.29) is 5.54 Å². The lowest BCUT2D eigenvalue weighted by Gasteiger charge is -2.35. The number of rotatable bonds is 8. The molecule has 1 unspecified atom stereocenters. The van der Waals surface area contributed by atoms with E-state index in [1.807, 2.05) is 6.08 Å². The van der Waals surface area contributed by atoms with E-state index in [9.17, 15) is 0 Å². The molecule has 0 saturated heterocycles. The molecule has 0 aliphatic heterocycles. The van der Waals surface area contributed by atoms with Crippen molar-refractivity contribution in [3.8, 4) is 0 Å². The maximum Gasteiger partial charge on any atom is 0.0165 e. The molecule has 2 N–H and O–H groups in total. The average molecular weight is 226 g/mol. The molecular formula is C14H30N2. The Kier molecular flexibility index (Phi) is 7.69. The van der Waals surface area contributed by atoms with Gasteiger partial charge in [0.15, 0.2) is 0 Å². The number of nitrogens with zero attached hydrogens (tertiary/aromatic N) is 1. The first-order valence-corrected chi connectivity index (χ1v) is 6.47. The second-order valence-electron chi connectivity index (χ2n) is 5.73. The zero-order valence-electron chi connectivity index (χ0n) is 11.6. The summed E-state index contributed by atoms with van der Waals surface area (Å²) in [5.41, 5.74) is 5.80. The van der Waals surface area contributed by atoms with Crippen molar-refractivity contribution in [2.45, 2.75) is 52.5 Å². The van der Waals surface area contributed by atoms with Crippen LogP contribution >= 0.6 is 0 Å². The summed E-state index contributed by atoms with van der Waals surface area (Å²) < 4.78 is 0. The van der Waals surface area contributed by atoms with Crippen LogP contribution in [0.5, 0.6) is 0 Å². The van der Waals surface area contributed by atoms with Crippen molar-refractivity contribution in [3.63, 3.8) is 0 Å². The van der Waals surface area contributed by atoms with E-state index in [2.05, 4.69) is 39.2 Å². The van der Waals surface area contributed by atoms with Crippen molar-refractivity contribution < 1.29 is 0 Å². The quantitative estimate of drug-likeness (QED) is 0.645. The van der Waals surface area contributed by atoms with E-state index in [4.69, 9.17) is 5.73 Å². The minimum atomic E-state index is 0.241. The second-order valence-corrected chi connectivity index (χ2v) is 5.73. The van der Waals surface area contributed by atoms with Gasteiger partial charge >= 0.3 is 0 Å². The highest BCUT2D eigenvalue weighted by Gasteiger charge is 2.19. The predicted octanol–water partition coefficient (Wildman–Crippen LogP) is 3.04. The monoisotopic (exact) mass is 226 g/mol. The van der Waals surface area contributed by atoms with Crippen molar-refractivity contribution in [3.05, 3.63) is 12.7 Å². The van der Waals surface area contributed by atoms with Crippen LogP contribution in [0.3, 0.4) is 0 Å². The van der Waals surface area contributed by atoms with Crippen LogP contribution in [0.2, 0.25) is 0 Å². The lowest BCUT2D eigenvalue weighted by Crippen LogP contribution is -2.42. The Morgan fingerprint density at radius 3 is 2.38 bits per heavy atom. The van der Waals surface area contributed by atoms with Gasteiger partial charge in [0, 0.05) is 12.1 Å². The van der Waals surface area contributed by atoms with E-state index >= 15 is 0 Å². The third-order valence-electron chi connectivity index (χ3n) is 3.08. The molecular weight excluding hydrogens is 196 g/mol. The molecule has 2 nitrogen and oxygen atoms in total. The van der Waals surface area contributed by atoms with E-state index in [0.29, 0.717) is 0 Å². The van der Waals surface area contributed by atoms with Crippen LogP contribution in [-0.2, 0) is 0 Å². The third kappa shape index (κ3) is 7.02. The smallest absolute Gasteiger partial charge is 0.0165 e. The molecule has 0 aromatic rings. The van der Waals surface area contributed by atoms with Gasteiger partial charge in [-0.15, -0.1) is 6.58 Å². The summed E-state index contributed by atoms with van der Waals surface area (Å²) in [7, 11) is 0. The Morgan fingerprint density at radius 1 is 1.31 bits per heavy atom. The summed E-state index contributed by atoms with van der Waals surface area (Å²) in [6.07, 6.45) is 5.68. The van der Waals surface area contributed by atoms with Crippen LogP contribution in [-0.4, -0.2) is 30.1 Å². The first-order valence-electron chi connectivity index (χ1n) is 6.47. The fourth-order valence-corrected chi connectivity index (χ4v) is 1.92. The van der Waals surface area contributed by atoms with E-state index in [1.165, 1.54) is 12.8 Å². The lowest BCUT2D eigenvalue weighted by molar-refractivity contribution is 0.148. The largest absolute Gasteiger partial charge is 0.330 e. The van der Waals surface area contributed by atoms with Gasteiger partial charge < -0.3 is 5.73 Å². The first kappa shape index (κ1) is 15.7. The van der Waals surface area contributed by atoms with Crippen molar-refractivity contribution in [2.24, 2.45) is 11.7 Å². The molecule has 0 aliphatic carbocycles. The highest BCUT2D eigenvalue weighted by molar-refractivity contribution is 4.82. The van der Waals surface area contributed by atoms with E-state index in [1.54, 1.807) is 0 Å². The zero-order chi connectivity index (χ0) is 12.6. The molecule has 16 heavy (non-hydrogen) atoms. The lowest BCUT2D eigenvalue weighted by atomic mass is 10.00. The van der Waals surface area contributed by atoms with Gasteiger partial charge in [-0.2, -0.15) is 0 Å². The SMILES string of the molecule is C=CCN(CCCC(C)CCN)C(C)(C)C. The highest BCUT2D eigenvalue weighted by Crippen LogP contribution is 2.16. The first-order chi connectivity index (χ1) is 7.41. The van der Waals surface area contributed by atoms with Gasteiger partial charge in [-0.25, -0.2) is 0 Å². The van der Waals surface area contributed by atoms with Gasteiger partial charge in [0.2, 0.25) is 0 Å². The van der Waals surface area contributed by atoms with Crippen LogP contribution < -0.4 is 5.73 Å². The van der Waals surface area contributed by atoms with Gasteiger partial charge in [-0.3, -0.25) is 4.90 Å². The van der Waals surface area contributed by atoms with Gasteiger partial charge in [0.25, 0.3) is 0 Å². The third-order valence-corrected chi connectivity index (χ3v) is 3.08. The topological polar surface area (TPSA) is 29.3 Å². The Labute approximate surface area is 102 Å². The summed E-state index contributed by atoms with van der Waals surface area (Å²) in [5, 5.41) is 0. The molecule has 0 aromatic heterocycles. The molecule has 0 aromatic carbocycles. The van der Waals surface area contributed by atoms with Crippen LogP contribution in [0.4, 0.5) is 0 Å². The van der Waals surface area contributed by atoms with E-state index < -0.39 is 0 Å². The standard InChI is InChI=1S/C14H30N2/c1-6-11-16(14(3,4)5)12-7-8-13(2)9-10-15/h6,13H,1,7-12,15H2,2-5H3. The predicted molar refractivity (Wildman–Crippen MR) is 73.6 cm³/mol. The van der Waals surface area contributed by atoms with Gasteiger partial charge in [0.05, 0.1) is 0 Å². The highest BCUT2D eigenvalue weighted by atomic mass is 15.2. The second kappa shape index (κ2) is 7.86. The zero-order valence-corrected chi connectivity index (χ0v) is 11.6. The summed E-state index contributed by atoms with van der Waals surface area (Å²) >= 11 is 0. The molecule has 0 radical (unpaired) electrons. The maximum atomic E-state index is 5.55. The number of hydrogen-bond acceptors (Lipinski definition) is 2. The Hall–Kier alpha value is -0.340. The maximum absolute atomic E-state index is 5.55. The fourth-order valence-electron chi connectivity index (χ4n) is 1.92. The average Bonchev–Trinajstić information content (AvgIpc) is 2.15. The summed E-state index contributed by atoms with van der Waals surface area (Å²) in [6.45, 7) is 15.9. The van der Waals surface area contributed by atoms with Crippen LogP contribution in [0.25, 0.3) is 0 Å². The number of hydrogen-bond donors (Lipinski definition) is 1. The minimum Gasteiger partial charge on any atom is -0.330 e. The molecule has 0 bridgehead atoms. The van der Waals surface area contributed by atoms with Crippen LogP contribution in [0.15, 0.2) is 12.7 Å².